The van der Waals surface area contributed by atoms with Crippen LogP contribution in [0.25, 0.3) is 0 Å². The number of hydrogen-bond donors (Lipinski definition) is 1. The minimum Gasteiger partial charge on any atom is -0.488 e. The van der Waals surface area contributed by atoms with Crippen LogP contribution in [-0.4, -0.2) is 10.9 Å². The van der Waals surface area contributed by atoms with Crippen LogP contribution in [0.2, 0.25) is 0 Å². The summed E-state index contributed by atoms with van der Waals surface area (Å²) in [6.45, 7) is 3.64. The molecule has 0 radical (unpaired) electrons. The second kappa shape index (κ2) is 6.35. The second-order valence-electron chi connectivity index (χ2n) is 4.72. The molecule has 0 aliphatic heterocycles. The minimum absolute atomic E-state index is 0.0896. The van der Waals surface area contributed by atoms with Gasteiger partial charge in [-0.25, -0.2) is 8.78 Å². The predicted octanol–water partition coefficient (Wildman–Crippen LogP) is 4.05. The molecule has 21 heavy (non-hydrogen) atoms. The van der Waals surface area contributed by atoms with Crippen molar-refractivity contribution in [1.29, 1.82) is 0 Å². The summed E-state index contributed by atoms with van der Waals surface area (Å²) in [5, 5.41) is 12.0. The van der Waals surface area contributed by atoms with Gasteiger partial charge in [0.05, 0.1) is 5.71 Å². The molecular weight excluding hydrogens is 276 g/mol. The van der Waals surface area contributed by atoms with Gasteiger partial charge in [0.1, 0.15) is 12.4 Å². The van der Waals surface area contributed by atoms with Crippen LogP contribution in [0.1, 0.15) is 23.6 Å². The highest BCUT2D eigenvalue weighted by Crippen LogP contribution is 2.22. The summed E-state index contributed by atoms with van der Waals surface area (Å²) in [6.07, 6.45) is 0. The Hall–Kier alpha value is -2.43. The molecule has 110 valence electrons. The third-order valence-corrected chi connectivity index (χ3v) is 3.06. The zero-order valence-electron chi connectivity index (χ0n) is 11.7. The van der Waals surface area contributed by atoms with Gasteiger partial charge in [0.2, 0.25) is 0 Å². The van der Waals surface area contributed by atoms with Gasteiger partial charge in [-0.05, 0) is 49.2 Å². The van der Waals surface area contributed by atoms with E-state index in [2.05, 4.69) is 5.16 Å². The van der Waals surface area contributed by atoms with Gasteiger partial charge in [-0.2, -0.15) is 0 Å². The lowest BCUT2D eigenvalue weighted by atomic mass is 10.1. The number of rotatable bonds is 4. The maximum atomic E-state index is 13.1. The van der Waals surface area contributed by atoms with Crippen molar-refractivity contribution in [1.82, 2.24) is 0 Å². The summed E-state index contributed by atoms with van der Waals surface area (Å²) in [4.78, 5) is 0. The standard InChI is InChI=1S/C16H15F2NO2/c1-10-3-5-13(11(2)19-20)16(7-10)21-9-12-4-6-14(17)15(18)8-12/h3-8,20H,9H2,1-2H3/b19-11-. The molecule has 0 spiro atoms. The number of ether oxygens (including phenoxy) is 1. The van der Waals surface area contributed by atoms with Crippen molar-refractivity contribution in [3.8, 4) is 5.75 Å². The van der Waals surface area contributed by atoms with Gasteiger partial charge in [0, 0.05) is 5.56 Å². The molecular formula is C16H15F2NO2. The molecule has 0 saturated carbocycles. The monoisotopic (exact) mass is 291 g/mol. The van der Waals surface area contributed by atoms with Crippen LogP contribution in [0.15, 0.2) is 41.6 Å². The van der Waals surface area contributed by atoms with Crippen molar-refractivity contribution < 1.29 is 18.7 Å². The van der Waals surface area contributed by atoms with E-state index in [9.17, 15) is 8.78 Å². The van der Waals surface area contributed by atoms with Crippen molar-refractivity contribution in [3.63, 3.8) is 0 Å². The molecule has 0 saturated heterocycles. The van der Waals surface area contributed by atoms with Crippen molar-refractivity contribution in [2.24, 2.45) is 5.16 Å². The molecule has 2 rings (SSSR count). The lowest BCUT2D eigenvalue weighted by Gasteiger charge is -2.12. The third-order valence-electron chi connectivity index (χ3n) is 3.06. The molecule has 0 amide bonds. The van der Waals surface area contributed by atoms with Gasteiger partial charge in [-0.15, -0.1) is 0 Å². The number of oxime groups is 1. The minimum atomic E-state index is -0.909. The number of aryl methyl sites for hydroxylation is 1. The molecule has 0 unspecified atom stereocenters. The Kier molecular flexibility index (Phi) is 4.52. The molecule has 5 heteroatoms. The first-order valence-corrected chi connectivity index (χ1v) is 6.37. The molecule has 0 heterocycles. The number of nitrogens with zero attached hydrogens (tertiary/aromatic N) is 1. The molecule has 1 N–H and O–H groups in total. The summed E-state index contributed by atoms with van der Waals surface area (Å²) >= 11 is 0. The summed E-state index contributed by atoms with van der Waals surface area (Å²) in [5.41, 5.74) is 2.55. The maximum absolute atomic E-state index is 13.1. The summed E-state index contributed by atoms with van der Waals surface area (Å²) in [6, 6.07) is 9.06. The van der Waals surface area contributed by atoms with Gasteiger partial charge in [0.15, 0.2) is 11.6 Å². The number of benzene rings is 2. The Balaban J connectivity index is 2.22. The maximum Gasteiger partial charge on any atom is 0.159 e. The largest absolute Gasteiger partial charge is 0.488 e. The number of halogens is 2. The zero-order valence-corrected chi connectivity index (χ0v) is 11.7. The average molecular weight is 291 g/mol. The normalized spacial score (nSPS) is 11.5. The van der Waals surface area contributed by atoms with E-state index in [0.29, 0.717) is 22.6 Å². The van der Waals surface area contributed by atoms with Crippen LogP contribution in [-0.2, 0) is 6.61 Å². The molecule has 0 aromatic heterocycles. The Morgan fingerprint density at radius 2 is 1.90 bits per heavy atom. The summed E-state index contributed by atoms with van der Waals surface area (Å²) in [7, 11) is 0. The molecule has 2 aromatic rings. The van der Waals surface area contributed by atoms with E-state index in [0.717, 1.165) is 17.7 Å². The zero-order chi connectivity index (χ0) is 15.4. The van der Waals surface area contributed by atoms with Gasteiger partial charge in [-0.1, -0.05) is 17.3 Å². The average Bonchev–Trinajstić information content (AvgIpc) is 2.48. The van der Waals surface area contributed by atoms with E-state index in [4.69, 9.17) is 9.94 Å². The van der Waals surface area contributed by atoms with E-state index >= 15 is 0 Å². The van der Waals surface area contributed by atoms with Gasteiger partial charge >= 0.3 is 0 Å². The third kappa shape index (κ3) is 3.56. The summed E-state index contributed by atoms with van der Waals surface area (Å²) in [5.74, 6) is -1.28. The fourth-order valence-corrected chi connectivity index (χ4v) is 1.89. The molecule has 0 fully saturated rings. The fraction of sp³-hybridized carbons (Fsp3) is 0.188. The fourth-order valence-electron chi connectivity index (χ4n) is 1.89. The predicted molar refractivity (Wildman–Crippen MR) is 75.9 cm³/mol. The first-order chi connectivity index (χ1) is 10.0. The van der Waals surface area contributed by atoms with E-state index in [1.165, 1.54) is 6.07 Å². The van der Waals surface area contributed by atoms with Crippen LogP contribution in [0.5, 0.6) is 5.75 Å². The highest BCUT2D eigenvalue weighted by molar-refractivity contribution is 6.00. The van der Waals surface area contributed by atoms with Crippen molar-refractivity contribution >= 4 is 5.71 Å². The van der Waals surface area contributed by atoms with Crippen LogP contribution in [0.3, 0.4) is 0 Å². The lowest BCUT2D eigenvalue weighted by Crippen LogP contribution is -2.03. The Bertz CT molecular complexity index is 684. The highest BCUT2D eigenvalue weighted by Gasteiger charge is 2.09. The van der Waals surface area contributed by atoms with Crippen LogP contribution in [0, 0.1) is 18.6 Å². The first-order valence-electron chi connectivity index (χ1n) is 6.37. The van der Waals surface area contributed by atoms with E-state index in [-0.39, 0.29) is 6.61 Å². The Morgan fingerprint density at radius 3 is 2.57 bits per heavy atom. The van der Waals surface area contributed by atoms with Crippen molar-refractivity contribution in [2.45, 2.75) is 20.5 Å². The summed E-state index contributed by atoms with van der Waals surface area (Å²) < 4.78 is 31.7. The van der Waals surface area contributed by atoms with E-state index < -0.39 is 11.6 Å². The molecule has 0 aliphatic carbocycles. The van der Waals surface area contributed by atoms with E-state index in [1.807, 2.05) is 13.0 Å². The number of hydrogen-bond acceptors (Lipinski definition) is 3. The van der Waals surface area contributed by atoms with Gasteiger partial charge in [0.25, 0.3) is 0 Å². The molecule has 0 aliphatic rings. The second-order valence-corrected chi connectivity index (χ2v) is 4.72. The quantitative estimate of drug-likeness (QED) is 0.524. The molecule has 2 aromatic carbocycles. The Labute approximate surface area is 121 Å². The van der Waals surface area contributed by atoms with Gasteiger partial charge in [-0.3, -0.25) is 0 Å². The van der Waals surface area contributed by atoms with Gasteiger partial charge < -0.3 is 9.94 Å². The van der Waals surface area contributed by atoms with Crippen molar-refractivity contribution in [2.75, 3.05) is 0 Å². The topological polar surface area (TPSA) is 41.8 Å². The highest BCUT2D eigenvalue weighted by atomic mass is 19.2. The van der Waals surface area contributed by atoms with Crippen molar-refractivity contribution in [3.05, 3.63) is 64.7 Å². The SMILES string of the molecule is C/C(=N/O)c1ccc(C)cc1OCc1ccc(F)c(F)c1. The first kappa shape index (κ1) is 15.0. The van der Waals surface area contributed by atoms with Crippen LogP contribution in [0.4, 0.5) is 8.78 Å². The molecule has 0 atom stereocenters. The molecule has 0 bridgehead atoms. The smallest absolute Gasteiger partial charge is 0.159 e. The lowest BCUT2D eigenvalue weighted by molar-refractivity contribution is 0.302. The van der Waals surface area contributed by atoms with E-state index in [1.54, 1.807) is 19.1 Å². The molecule has 3 nitrogen and oxygen atoms in total. The Morgan fingerprint density at radius 1 is 1.14 bits per heavy atom. The van der Waals surface area contributed by atoms with Crippen LogP contribution >= 0.6 is 0 Å². The van der Waals surface area contributed by atoms with Crippen LogP contribution < -0.4 is 4.74 Å².